The number of nitrogens with one attached hydrogen (secondary N) is 2. The summed E-state index contributed by atoms with van der Waals surface area (Å²) in [7, 11) is 1.76. The summed E-state index contributed by atoms with van der Waals surface area (Å²) in [6.07, 6.45) is 1.76. The van der Waals surface area contributed by atoms with Gasteiger partial charge in [-0.3, -0.25) is 9.79 Å². The molecule has 1 heterocycles. The molecule has 0 saturated carbocycles. The molecule has 0 aliphatic carbocycles. The molecule has 0 atom stereocenters. The Balaban J connectivity index is 1.40. The molecule has 0 bridgehead atoms. The van der Waals surface area contributed by atoms with Crippen molar-refractivity contribution in [3.63, 3.8) is 0 Å². The van der Waals surface area contributed by atoms with Crippen molar-refractivity contribution in [3.05, 3.63) is 60.2 Å². The third-order valence-electron chi connectivity index (χ3n) is 4.43. The van der Waals surface area contributed by atoms with Gasteiger partial charge >= 0.3 is 0 Å². The highest BCUT2D eigenvalue weighted by atomic mass is 16.5. The van der Waals surface area contributed by atoms with Crippen molar-refractivity contribution in [3.8, 4) is 5.75 Å². The first kappa shape index (κ1) is 18.8. The van der Waals surface area contributed by atoms with Gasteiger partial charge in [-0.1, -0.05) is 42.5 Å². The summed E-state index contributed by atoms with van der Waals surface area (Å²) < 4.78 is 5.47. The van der Waals surface area contributed by atoms with Crippen LogP contribution >= 0.6 is 0 Å². The van der Waals surface area contributed by atoms with Gasteiger partial charge in [0.25, 0.3) is 5.91 Å². The summed E-state index contributed by atoms with van der Waals surface area (Å²) in [5, 5.41) is 6.62. The molecule has 6 heteroatoms. The second kappa shape index (κ2) is 9.62. The monoisotopic (exact) mass is 366 g/mol. The fourth-order valence-corrected chi connectivity index (χ4v) is 3.03. The number of fused-ring (bicyclic) bond motifs is 1. The van der Waals surface area contributed by atoms with Gasteiger partial charge in [0.1, 0.15) is 5.75 Å². The molecule has 6 nitrogen and oxygen atoms in total. The van der Waals surface area contributed by atoms with E-state index in [-0.39, 0.29) is 12.5 Å². The molecule has 0 aromatic heterocycles. The predicted octanol–water partition coefficient (Wildman–Crippen LogP) is 2.21. The van der Waals surface area contributed by atoms with E-state index >= 15 is 0 Å². The van der Waals surface area contributed by atoms with Gasteiger partial charge in [-0.2, -0.15) is 0 Å². The number of nitrogens with zero attached hydrogens (tertiary/aromatic N) is 2. The first-order chi connectivity index (χ1) is 13.3. The van der Waals surface area contributed by atoms with E-state index in [2.05, 4.69) is 27.8 Å². The fraction of sp³-hybridized carbons (Fsp3) is 0.333. The van der Waals surface area contributed by atoms with E-state index in [9.17, 15) is 4.79 Å². The average Bonchev–Trinajstić information content (AvgIpc) is 2.72. The largest absolute Gasteiger partial charge is 0.482 e. The van der Waals surface area contributed by atoms with Crippen LogP contribution in [0.25, 0.3) is 0 Å². The molecule has 0 saturated heterocycles. The third kappa shape index (κ3) is 5.23. The highest BCUT2D eigenvalue weighted by Gasteiger charge is 2.24. The minimum atomic E-state index is -0.000863. The van der Waals surface area contributed by atoms with Gasteiger partial charge in [0.15, 0.2) is 12.6 Å². The Morgan fingerprint density at radius 1 is 1.07 bits per heavy atom. The quantitative estimate of drug-likeness (QED) is 0.448. The third-order valence-corrected chi connectivity index (χ3v) is 4.43. The lowest BCUT2D eigenvalue weighted by Gasteiger charge is -2.29. The number of carbonyl (C=O) groups is 1. The fourth-order valence-electron chi connectivity index (χ4n) is 3.03. The second-order valence-electron chi connectivity index (χ2n) is 6.32. The molecule has 0 fully saturated rings. The zero-order chi connectivity index (χ0) is 18.9. The van der Waals surface area contributed by atoms with Gasteiger partial charge in [-0.05, 0) is 30.5 Å². The lowest BCUT2D eigenvalue weighted by atomic mass is 10.1. The van der Waals surface area contributed by atoms with Crippen LogP contribution in [0.1, 0.15) is 12.0 Å². The first-order valence-corrected chi connectivity index (χ1v) is 9.28. The molecular formula is C21H26N4O2. The van der Waals surface area contributed by atoms with Crippen molar-refractivity contribution >= 4 is 17.6 Å². The summed E-state index contributed by atoms with van der Waals surface area (Å²) in [6, 6.07) is 18.0. The molecule has 0 unspecified atom stereocenters. The Hall–Kier alpha value is -3.02. The number of ether oxygens (including phenoxy) is 1. The smallest absolute Gasteiger partial charge is 0.265 e. The number of hydrogen-bond acceptors (Lipinski definition) is 3. The Labute approximate surface area is 160 Å². The van der Waals surface area contributed by atoms with Crippen LogP contribution in [0.5, 0.6) is 5.75 Å². The number of aliphatic imine (C=N–C) groups is 1. The van der Waals surface area contributed by atoms with Crippen LogP contribution in [0.15, 0.2) is 59.6 Å². The molecule has 2 aromatic rings. The maximum atomic E-state index is 12.2. The lowest BCUT2D eigenvalue weighted by Crippen LogP contribution is -2.42. The van der Waals surface area contributed by atoms with E-state index in [0.717, 1.165) is 43.3 Å². The van der Waals surface area contributed by atoms with Gasteiger partial charge in [-0.15, -0.1) is 0 Å². The SMILES string of the molecule is CN=C(NCCCN1C(=O)COc2ccccc21)NCCc1ccccc1. The summed E-state index contributed by atoms with van der Waals surface area (Å²) >= 11 is 0. The highest BCUT2D eigenvalue weighted by molar-refractivity contribution is 5.97. The van der Waals surface area contributed by atoms with Crippen molar-refractivity contribution in [1.29, 1.82) is 0 Å². The Bertz CT molecular complexity index is 777. The van der Waals surface area contributed by atoms with Gasteiger partial charge in [-0.25, -0.2) is 0 Å². The van der Waals surface area contributed by atoms with E-state index in [1.165, 1.54) is 5.56 Å². The normalized spacial score (nSPS) is 13.7. The predicted molar refractivity (Wildman–Crippen MR) is 108 cm³/mol. The minimum absolute atomic E-state index is 0.000863. The number of hydrogen-bond donors (Lipinski definition) is 2. The Morgan fingerprint density at radius 2 is 1.81 bits per heavy atom. The van der Waals surface area contributed by atoms with Crippen LogP contribution in [0.2, 0.25) is 0 Å². The maximum Gasteiger partial charge on any atom is 0.265 e. The van der Waals surface area contributed by atoms with E-state index in [4.69, 9.17) is 4.74 Å². The lowest BCUT2D eigenvalue weighted by molar-refractivity contribution is -0.121. The van der Waals surface area contributed by atoms with E-state index in [0.29, 0.717) is 6.54 Å². The Kier molecular flexibility index (Phi) is 6.68. The van der Waals surface area contributed by atoms with Crippen molar-refractivity contribution < 1.29 is 9.53 Å². The van der Waals surface area contributed by atoms with Crippen molar-refractivity contribution in [2.75, 3.05) is 38.2 Å². The van der Waals surface area contributed by atoms with E-state index in [1.54, 1.807) is 11.9 Å². The van der Waals surface area contributed by atoms with Crippen molar-refractivity contribution in [2.24, 2.45) is 4.99 Å². The molecule has 0 spiro atoms. The van der Waals surface area contributed by atoms with E-state index in [1.807, 2.05) is 42.5 Å². The molecule has 27 heavy (non-hydrogen) atoms. The molecule has 1 aliphatic rings. The van der Waals surface area contributed by atoms with Crippen LogP contribution in [0.4, 0.5) is 5.69 Å². The van der Waals surface area contributed by atoms with Crippen LogP contribution in [0, 0.1) is 0 Å². The number of para-hydroxylation sites is 2. The first-order valence-electron chi connectivity index (χ1n) is 9.28. The van der Waals surface area contributed by atoms with Crippen LogP contribution in [-0.4, -0.2) is 45.2 Å². The summed E-state index contributed by atoms with van der Waals surface area (Å²) in [6.45, 7) is 2.30. The number of carbonyl (C=O) groups excluding carboxylic acids is 1. The van der Waals surface area contributed by atoms with Crippen LogP contribution in [0.3, 0.4) is 0 Å². The molecular weight excluding hydrogens is 340 g/mol. The summed E-state index contributed by atoms with van der Waals surface area (Å²) in [4.78, 5) is 18.2. The minimum Gasteiger partial charge on any atom is -0.482 e. The van der Waals surface area contributed by atoms with E-state index < -0.39 is 0 Å². The van der Waals surface area contributed by atoms with Gasteiger partial charge in [0, 0.05) is 26.7 Å². The van der Waals surface area contributed by atoms with Gasteiger partial charge < -0.3 is 20.3 Å². The molecule has 1 amide bonds. The Morgan fingerprint density at radius 3 is 2.63 bits per heavy atom. The van der Waals surface area contributed by atoms with Crippen LogP contribution < -0.4 is 20.3 Å². The molecule has 2 N–H and O–H groups in total. The van der Waals surface area contributed by atoms with Crippen molar-refractivity contribution in [1.82, 2.24) is 10.6 Å². The topological polar surface area (TPSA) is 66.0 Å². The second-order valence-corrected chi connectivity index (χ2v) is 6.32. The maximum absolute atomic E-state index is 12.2. The average molecular weight is 366 g/mol. The molecule has 3 rings (SSSR count). The standard InChI is InChI=1S/C21H26N4O2/c1-22-21(24-14-12-17-8-3-2-4-9-17)23-13-7-15-25-18-10-5-6-11-19(18)27-16-20(25)26/h2-6,8-11H,7,12-16H2,1H3,(H2,22,23,24). The highest BCUT2D eigenvalue weighted by Crippen LogP contribution is 2.31. The van der Waals surface area contributed by atoms with Gasteiger partial charge in [0.05, 0.1) is 5.69 Å². The summed E-state index contributed by atoms with van der Waals surface area (Å²) in [5.74, 6) is 1.54. The number of guanidine groups is 1. The molecule has 2 aromatic carbocycles. The van der Waals surface area contributed by atoms with Crippen molar-refractivity contribution in [2.45, 2.75) is 12.8 Å². The number of amides is 1. The van der Waals surface area contributed by atoms with Crippen LogP contribution in [-0.2, 0) is 11.2 Å². The molecule has 1 aliphatic heterocycles. The van der Waals surface area contributed by atoms with Gasteiger partial charge in [0.2, 0.25) is 0 Å². The zero-order valence-corrected chi connectivity index (χ0v) is 15.6. The number of benzene rings is 2. The molecule has 0 radical (unpaired) electrons. The number of rotatable bonds is 7. The number of anilines is 1. The summed E-state index contributed by atoms with van der Waals surface area (Å²) in [5.41, 5.74) is 2.14. The zero-order valence-electron chi connectivity index (χ0n) is 15.6. The molecule has 142 valence electrons.